The van der Waals surface area contributed by atoms with Crippen molar-refractivity contribution in [2.24, 2.45) is 5.92 Å². The van der Waals surface area contributed by atoms with E-state index in [0.29, 0.717) is 5.92 Å². The molecule has 6 aromatic rings. The standard InChI is InChI=1S/C29H23N7/c1-17(18-5-6-18)33-21-10-20(13-30-14-21)19-7-8-26-23(11-19)29(36-35-26)27-12-22-24(15-31-16-28(22)34-27)25-4-2-3-9-32-25/h2-4,7-16,18,33-34H,1,5-6H2,(H,35,36). The molecule has 0 aliphatic heterocycles. The Morgan fingerprint density at radius 3 is 2.67 bits per heavy atom. The molecule has 0 amide bonds. The molecule has 36 heavy (non-hydrogen) atoms. The molecule has 1 aromatic carbocycles. The number of benzene rings is 1. The maximum Gasteiger partial charge on any atom is 0.116 e. The lowest BCUT2D eigenvalue weighted by atomic mass is 10.0. The van der Waals surface area contributed by atoms with Crippen LogP contribution < -0.4 is 5.32 Å². The largest absolute Gasteiger partial charge is 0.358 e. The van der Waals surface area contributed by atoms with Crippen LogP contribution in [0.3, 0.4) is 0 Å². The average Bonchev–Trinajstić information content (AvgIpc) is 3.55. The number of aromatic amines is 2. The van der Waals surface area contributed by atoms with E-state index in [1.807, 2.05) is 43.0 Å². The number of nitrogens with one attached hydrogen (secondary N) is 3. The van der Waals surface area contributed by atoms with Crippen LogP contribution in [-0.2, 0) is 0 Å². The minimum Gasteiger partial charge on any atom is -0.358 e. The number of anilines is 1. The first-order chi connectivity index (χ1) is 17.7. The summed E-state index contributed by atoms with van der Waals surface area (Å²) < 4.78 is 0. The van der Waals surface area contributed by atoms with Crippen LogP contribution in [0.2, 0.25) is 0 Å². The van der Waals surface area contributed by atoms with Gasteiger partial charge < -0.3 is 10.3 Å². The maximum absolute atomic E-state index is 4.65. The zero-order chi connectivity index (χ0) is 24.1. The Kier molecular flexibility index (Phi) is 4.67. The molecule has 1 aliphatic rings. The Morgan fingerprint density at radius 2 is 1.81 bits per heavy atom. The van der Waals surface area contributed by atoms with E-state index in [4.69, 9.17) is 0 Å². The summed E-state index contributed by atoms with van der Waals surface area (Å²) in [5, 5.41) is 13.3. The Balaban J connectivity index is 1.28. The van der Waals surface area contributed by atoms with Crippen molar-refractivity contribution in [3.8, 4) is 33.8 Å². The predicted octanol–water partition coefficient (Wildman–Crippen LogP) is 6.57. The van der Waals surface area contributed by atoms with Crippen molar-refractivity contribution in [1.82, 2.24) is 30.1 Å². The second kappa shape index (κ2) is 8.16. The highest BCUT2D eigenvalue weighted by Crippen LogP contribution is 2.37. The smallest absolute Gasteiger partial charge is 0.116 e. The monoisotopic (exact) mass is 469 g/mol. The van der Waals surface area contributed by atoms with Crippen LogP contribution in [0.5, 0.6) is 0 Å². The van der Waals surface area contributed by atoms with Crippen molar-refractivity contribution >= 4 is 27.5 Å². The molecule has 0 radical (unpaired) electrons. The van der Waals surface area contributed by atoms with Gasteiger partial charge in [-0.1, -0.05) is 18.7 Å². The van der Waals surface area contributed by atoms with Gasteiger partial charge in [-0.3, -0.25) is 20.1 Å². The molecule has 0 saturated heterocycles. The number of hydrogen-bond acceptors (Lipinski definition) is 5. The minimum absolute atomic E-state index is 0.586. The number of hydrogen-bond donors (Lipinski definition) is 3. The average molecular weight is 470 g/mol. The van der Waals surface area contributed by atoms with Crippen LogP contribution in [0.1, 0.15) is 12.8 Å². The molecule has 5 aromatic heterocycles. The molecule has 5 heterocycles. The fourth-order valence-corrected chi connectivity index (χ4v) is 4.69. The topological polar surface area (TPSA) is 95.2 Å². The molecule has 0 atom stereocenters. The van der Waals surface area contributed by atoms with Crippen molar-refractivity contribution in [3.63, 3.8) is 0 Å². The van der Waals surface area contributed by atoms with Crippen molar-refractivity contribution in [1.29, 1.82) is 0 Å². The number of allylic oxidation sites excluding steroid dienone is 1. The van der Waals surface area contributed by atoms with Crippen LogP contribution >= 0.6 is 0 Å². The molecule has 0 spiro atoms. The van der Waals surface area contributed by atoms with E-state index in [2.05, 4.69) is 72.4 Å². The second-order valence-electron chi connectivity index (χ2n) is 9.27. The number of rotatable bonds is 6. The Labute approximate surface area is 207 Å². The first-order valence-electron chi connectivity index (χ1n) is 12.0. The third-order valence-electron chi connectivity index (χ3n) is 6.75. The molecule has 0 bridgehead atoms. The zero-order valence-electron chi connectivity index (χ0n) is 19.5. The lowest BCUT2D eigenvalue weighted by Gasteiger charge is -2.10. The van der Waals surface area contributed by atoms with Crippen molar-refractivity contribution in [2.75, 3.05) is 5.32 Å². The zero-order valence-corrected chi connectivity index (χ0v) is 19.5. The van der Waals surface area contributed by atoms with Crippen molar-refractivity contribution in [3.05, 3.63) is 91.8 Å². The number of nitrogens with zero attached hydrogens (tertiary/aromatic N) is 4. The van der Waals surface area contributed by atoms with E-state index in [-0.39, 0.29) is 0 Å². The molecule has 1 aliphatic carbocycles. The summed E-state index contributed by atoms with van der Waals surface area (Å²) >= 11 is 0. The Bertz CT molecular complexity index is 1740. The number of aromatic nitrogens is 6. The Hall–Kier alpha value is -4.78. The normalized spacial score (nSPS) is 13.3. The van der Waals surface area contributed by atoms with Crippen LogP contribution in [-0.4, -0.2) is 30.1 Å². The fourth-order valence-electron chi connectivity index (χ4n) is 4.69. The third-order valence-corrected chi connectivity index (χ3v) is 6.75. The molecule has 7 heteroatoms. The van der Waals surface area contributed by atoms with E-state index < -0.39 is 0 Å². The van der Waals surface area contributed by atoms with Gasteiger partial charge in [0.25, 0.3) is 0 Å². The van der Waals surface area contributed by atoms with Crippen LogP contribution in [0, 0.1) is 5.92 Å². The van der Waals surface area contributed by atoms with Gasteiger partial charge in [-0.15, -0.1) is 0 Å². The van der Waals surface area contributed by atoms with E-state index in [9.17, 15) is 0 Å². The Morgan fingerprint density at radius 1 is 0.889 bits per heavy atom. The molecule has 1 fully saturated rings. The highest BCUT2D eigenvalue weighted by atomic mass is 15.1. The van der Waals surface area contributed by atoms with Gasteiger partial charge in [-0.2, -0.15) is 5.10 Å². The molecular formula is C29H23N7. The van der Waals surface area contributed by atoms with Gasteiger partial charge >= 0.3 is 0 Å². The molecule has 1 saturated carbocycles. The quantitative estimate of drug-likeness (QED) is 0.257. The van der Waals surface area contributed by atoms with Gasteiger partial charge in [-0.25, -0.2) is 0 Å². The molecule has 3 N–H and O–H groups in total. The van der Waals surface area contributed by atoms with Crippen molar-refractivity contribution < 1.29 is 0 Å². The van der Waals surface area contributed by atoms with Gasteiger partial charge in [-0.05, 0) is 60.7 Å². The van der Waals surface area contributed by atoms with Crippen LogP contribution in [0.4, 0.5) is 5.69 Å². The molecule has 7 nitrogen and oxygen atoms in total. The van der Waals surface area contributed by atoms with Gasteiger partial charge in [0.05, 0.1) is 40.5 Å². The third kappa shape index (κ3) is 3.62. The predicted molar refractivity (Wildman–Crippen MR) is 143 cm³/mol. The highest BCUT2D eigenvalue weighted by Gasteiger charge is 2.24. The summed E-state index contributed by atoms with van der Waals surface area (Å²) in [6.07, 6.45) is 11.7. The van der Waals surface area contributed by atoms with E-state index in [1.54, 1.807) is 6.20 Å². The molecule has 174 valence electrons. The summed E-state index contributed by atoms with van der Waals surface area (Å²) in [6.45, 7) is 4.17. The van der Waals surface area contributed by atoms with E-state index >= 15 is 0 Å². The van der Waals surface area contributed by atoms with E-state index in [0.717, 1.165) is 67.0 Å². The highest BCUT2D eigenvalue weighted by molar-refractivity contribution is 6.01. The first kappa shape index (κ1) is 20.6. The van der Waals surface area contributed by atoms with E-state index in [1.165, 1.54) is 12.8 Å². The number of fused-ring (bicyclic) bond motifs is 2. The SMILES string of the molecule is C=C(Nc1cncc(-c2ccc3[nH]nc(-c4cc5c(-c6ccccn6)cncc5[nH]4)c3c2)c1)C1CC1. The lowest BCUT2D eigenvalue weighted by Crippen LogP contribution is -2.00. The fraction of sp³-hybridized carbons (Fsp3) is 0.103. The van der Waals surface area contributed by atoms with Crippen LogP contribution in [0.15, 0.2) is 91.8 Å². The summed E-state index contributed by atoms with van der Waals surface area (Å²) in [5.41, 5.74) is 9.72. The summed E-state index contributed by atoms with van der Waals surface area (Å²) in [6, 6.07) is 16.5. The van der Waals surface area contributed by atoms with Gasteiger partial charge in [0.15, 0.2) is 0 Å². The lowest BCUT2D eigenvalue weighted by molar-refractivity contribution is 1.02. The summed E-state index contributed by atoms with van der Waals surface area (Å²) in [4.78, 5) is 16.9. The van der Waals surface area contributed by atoms with Gasteiger partial charge in [0.2, 0.25) is 0 Å². The summed E-state index contributed by atoms with van der Waals surface area (Å²) in [7, 11) is 0. The van der Waals surface area contributed by atoms with Gasteiger partial charge in [0, 0.05) is 46.2 Å². The second-order valence-corrected chi connectivity index (χ2v) is 9.27. The van der Waals surface area contributed by atoms with Gasteiger partial charge in [0.1, 0.15) is 5.69 Å². The minimum atomic E-state index is 0.586. The number of H-pyrrole nitrogens is 2. The maximum atomic E-state index is 4.65. The molecule has 7 rings (SSSR count). The molecule has 0 unspecified atom stereocenters. The first-order valence-corrected chi connectivity index (χ1v) is 12.0. The molecular weight excluding hydrogens is 446 g/mol. The van der Waals surface area contributed by atoms with Crippen molar-refractivity contribution in [2.45, 2.75) is 12.8 Å². The number of pyridine rings is 3. The summed E-state index contributed by atoms with van der Waals surface area (Å²) in [5.74, 6) is 0.586. The van der Waals surface area contributed by atoms with Crippen LogP contribution in [0.25, 0.3) is 55.6 Å².